The number of aryl methyl sites for hydroxylation is 2. The number of esters is 2. The first-order valence-electron chi connectivity index (χ1n) is 8.91. The summed E-state index contributed by atoms with van der Waals surface area (Å²) in [4.78, 5) is 39.8. The standard InChI is InChI=1S/C21H25NO6/c1-11-8-7-9-16(10-11)27-15(5)20(24)28-14(4)19(23)18-12(2)17(13(3)22-18)21(25)26-6/h7-10,14-15,22H,1-6H3/t14-,15-/m1/s1. The molecule has 1 aromatic heterocycles. The topological polar surface area (TPSA) is 94.7 Å². The number of nitrogens with one attached hydrogen (secondary N) is 1. The van der Waals surface area contributed by atoms with Crippen LogP contribution in [0.1, 0.15) is 51.5 Å². The van der Waals surface area contributed by atoms with Gasteiger partial charge in [-0.1, -0.05) is 12.1 Å². The molecule has 7 nitrogen and oxygen atoms in total. The summed E-state index contributed by atoms with van der Waals surface area (Å²) >= 11 is 0. The largest absolute Gasteiger partial charge is 0.479 e. The van der Waals surface area contributed by atoms with Crippen molar-refractivity contribution in [1.82, 2.24) is 4.98 Å². The SMILES string of the molecule is COC(=O)c1c(C)[nH]c(C(=O)[C@@H](C)OC(=O)[C@@H](C)Oc2cccc(C)c2)c1C. The molecular formula is C21H25NO6. The number of H-pyrrole nitrogens is 1. The molecule has 0 unspecified atom stereocenters. The summed E-state index contributed by atoms with van der Waals surface area (Å²) in [6.45, 7) is 8.26. The fraction of sp³-hybridized carbons (Fsp3) is 0.381. The summed E-state index contributed by atoms with van der Waals surface area (Å²) in [6.07, 6.45) is -1.92. The summed E-state index contributed by atoms with van der Waals surface area (Å²) in [6, 6.07) is 7.28. The van der Waals surface area contributed by atoms with Crippen LogP contribution in [0.4, 0.5) is 0 Å². The predicted octanol–water partition coefficient (Wildman–Crippen LogP) is 3.31. The van der Waals surface area contributed by atoms with E-state index in [0.717, 1.165) is 5.56 Å². The van der Waals surface area contributed by atoms with Crippen LogP contribution in [0.2, 0.25) is 0 Å². The number of hydrogen-bond acceptors (Lipinski definition) is 6. The van der Waals surface area contributed by atoms with Gasteiger partial charge in [-0.05, 0) is 57.9 Å². The van der Waals surface area contributed by atoms with E-state index in [2.05, 4.69) is 4.98 Å². The van der Waals surface area contributed by atoms with Gasteiger partial charge in [0.1, 0.15) is 5.75 Å². The zero-order chi connectivity index (χ0) is 21.0. The molecule has 2 rings (SSSR count). The number of benzene rings is 1. The van der Waals surface area contributed by atoms with E-state index in [9.17, 15) is 14.4 Å². The molecule has 0 amide bonds. The minimum absolute atomic E-state index is 0.213. The quantitative estimate of drug-likeness (QED) is 0.579. The monoisotopic (exact) mass is 387 g/mol. The number of aromatic nitrogens is 1. The zero-order valence-corrected chi connectivity index (χ0v) is 16.9. The highest BCUT2D eigenvalue weighted by molar-refractivity contribution is 6.04. The number of carbonyl (C=O) groups is 3. The molecule has 0 aliphatic carbocycles. The number of ketones is 1. The Morgan fingerprint density at radius 3 is 2.32 bits per heavy atom. The van der Waals surface area contributed by atoms with Gasteiger partial charge >= 0.3 is 11.9 Å². The molecule has 2 aromatic rings. The third-order valence-electron chi connectivity index (χ3n) is 4.37. The van der Waals surface area contributed by atoms with Crippen molar-refractivity contribution >= 4 is 17.7 Å². The lowest BCUT2D eigenvalue weighted by atomic mass is 10.1. The Balaban J connectivity index is 2.07. The third-order valence-corrected chi connectivity index (χ3v) is 4.37. The molecule has 0 fully saturated rings. The van der Waals surface area contributed by atoms with Crippen LogP contribution >= 0.6 is 0 Å². The minimum Gasteiger partial charge on any atom is -0.479 e. The van der Waals surface area contributed by atoms with Gasteiger partial charge in [0.15, 0.2) is 12.2 Å². The molecule has 7 heteroatoms. The second-order valence-electron chi connectivity index (χ2n) is 6.64. The summed E-state index contributed by atoms with van der Waals surface area (Å²) < 4.78 is 15.6. The van der Waals surface area contributed by atoms with Gasteiger partial charge in [0.25, 0.3) is 0 Å². The third kappa shape index (κ3) is 4.60. The Labute approximate surface area is 164 Å². The molecule has 28 heavy (non-hydrogen) atoms. The Morgan fingerprint density at radius 1 is 1.04 bits per heavy atom. The van der Waals surface area contributed by atoms with E-state index in [1.807, 2.05) is 19.1 Å². The Hall–Kier alpha value is -3.09. The van der Waals surface area contributed by atoms with Crippen LogP contribution < -0.4 is 4.74 Å². The number of methoxy groups -OCH3 is 1. The van der Waals surface area contributed by atoms with E-state index < -0.39 is 29.9 Å². The number of Topliss-reactive ketones (excluding diaryl/α,β-unsaturated/α-hetero) is 1. The van der Waals surface area contributed by atoms with Gasteiger partial charge in [-0.15, -0.1) is 0 Å². The lowest BCUT2D eigenvalue weighted by Gasteiger charge is -2.17. The highest BCUT2D eigenvalue weighted by Gasteiger charge is 2.29. The number of rotatable bonds is 7. The van der Waals surface area contributed by atoms with Crippen LogP contribution in [0.5, 0.6) is 5.75 Å². The Kier molecular flexibility index (Phi) is 6.62. The van der Waals surface area contributed by atoms with E-state index in [-0.39, 0.29) is 5.69 Å². The maximum Gasteiger partial charge on any atom is 0.347 e. The molecule has 0 aliphatic rings. The smallest absolute Gasteiger partial charge is 0.347 e. The maximum atomic E-state index is 12.7. The molecular weight excluding hydrogens is 362 g/mol. The van der Waals surface area contributed by atoms with E-state index in [0.29, 0.717) is 22.6 Å². The van der Waals surface area contributed by atoms with Crippen molar-refractivity contribution in [3.05, 3.63) is 52.3 Å². The molecule has 0 aliphatic heterocycles. The van der Waals surface area contributed by atoms with Gasteiger partial charge in [-0.3, -0.25) is 4.79 Å². The molecule has 0 bridgehead atoms. The summed E-state index contributed by atoms with van der Waals surface area (Å²) in [5, 5.41) is 0. The van der Waals surface area contributed by atoms with Crippen molar-refractivity contribution in [2.75, 3.05) is 7.11 Å². The number of ether oxygens (including phenoxy) is 3. The van der Waals surface area contributed by atoms with E-state index in [4.69, 9.17) is 14.2 Å². The summed E-state index contributed by atoms with van der Waals surface area (Å²) in [7, 11) is 1.27. The van der Waals surface area contributed by atoms with Crippen LogP contribution in [0, 0.1) is 20.8 Å². The second-order valence-corrected chi connectivity index (χ2v) is 6.64. The van der Waals surface area contributed by atoms with Crippen LogP contribution in [-0.4, -0.2) is 42.0 Å². The van der Waals surface area contributed by atoms with Crippen molar-refractivity contribution in [2.24, 2.45) is 0 Å². The predicted molar refractivity (Wildman–Crippen MR) is 103 cm³/mol. The van der Waals surface area contributed by atoms with Gasteiger partial charge in [-0.25, -0.2) is 9.59 Å². The van der Waals surface area contributed by atoms with Crippen LogP contribution in [0.3, 0.4) is 0 Å². The van der Waals surface area contributed by atoms with Crippen molar-refractivity contribution in [1.29, 1.82) is 0 Å². The van der Waals surface area contributed by atoms with Crippen molar-refractivity contribution in [3.8, 4) is 5.75 Å². The Bertz CT molecular complexity index is 898. The molecule has 1 N–H and O–H groups in total. The first kappa shape index (κ1) is 21.2. The molecule has 0 spiro atoms. The molecule has 1 aromatic carbocycles. The molecule has 0 radical (unpaired) electrons. The average Bonchev–Trinajstić information content (AvgIpc) is 2.94. The first-order valence-corrected chi connectivity index (χ1v) is 8.91. The van der Waals surface area contributed by atoms with Crippen molar-refractivity contribution < 1.29 is 28.6 Å². The van der Waals surface area contributed by atoms with E-state index in [1.165, 1.54) is 14.0 Å². The number of carbonyl (C=O) groups excluding carboxylic acids is 3. The van der Waals surface area contributed by atoms with Crippen molar-refractivity contribution in [2.45, 2.75) is 46.8 Å². The molecule has 150 valence electrons. The lowest BCUT2D eigenvalue weighted by molar-refractivity contribution is -0.153. The van der Waals surface area contributed by atoms with Gasteiger partial charge in [0, 0.05) is 5.69 Å². The minimum atomic E-state index is -1.04. The van der Waals surface area contributed by atoms with Gasteiger partial charge < -0.3 is 19.2 Å². The highest BCUT2D eigenvalue weighted by Crippen LogP contribution is 2.21. The van der Waals surface area contributed by atoms with Gasteiger partial charge in [0.2, 0.25) is 5.78 Å². The maximum absolute atomic E-state index is 12.7. The normalized spacial score (nSPS) is 12.8. The summed E-state index contributed by atoms with van der Waals surface area (Å²) in [5.74, 6) is -1.08. The van der Waals surface area contributed by atoms with Gasteiger partial charge in [-0.2, -0.15) is 0 Å². The van der Waals surface area contributed by atoms with E-state index >= 15 is 0 Å². The molecule has 0 saturated carbocycles. The van der Waals surface area contributed by atoms with Crippen LogP contribution in [0.25, 0.3) is 0 Å². The fourth-order valence-corrected chi connectivity index (χ4v) is 2.87. The van der Waals surface area contributed by atoms with Crippen LogP contribution in [-0.2, 0) is 14.3 Å². The fourth-order valence-electron chi connectivity index (χ4n) is 2.87. The molecule has 0 saturated heterocycles. The summed E-state index contributed by atoms with van der Waals surface area (Å²) in [5.41, 5.74) is 2.50. The zero-order valence-electron chi connectivity index (χ0n) is 16.9. The second kappa shape index (κ2) is 8.73. The molecule has 2 atom stereocenters. The van der Waals surface area contributed by atoms with E-state index in [1.54, 1.807) is 32.9 Å². The van der Waals surface area contributed by atoms with Crippen molar-refractivity contribution in [3.63, 3.8) is 0 Å². The Morgan fingerprint density at radius 2 is 1.71 bits per heavy atom. The lowest BCUT2D eigenvalue weighted by Crippen LogP contribution is -2.33. The molecule has 1 heterocycles. The number of aromatic amines is 1. The first-order chi connectivity index (χ1) is 13.1. The van der Waals surface area contributed by atoms with Crippen LogP contribution in [0.15, 0.2) is 24.3 Å². The highest BCUT2D eigenvalue weighted by atomic mass is 16.6. The van der Waals surface area contributed by atoms with Gasteiger partial charge in [0.05, 0.1) is 18.4 Å². The average molecular weight is 387 g/mol. The number of hydrogen-bond donors (Lipinski definition) is 1.